The van der Waals surface area contributed by atoms with E-state index in [1.165, 1.54) is 0 Å². The lowest BCUT2D eigenvalue weighted by Gasteiger charge is -1.88. The second-order valence-corrected chi connectivity index (χ2v) is 2.05. The molecule has 0 atom stereocenters. The van der Waals surface area contributed by atoms with Gasteiger partial charge in [-0.3, -0.25) is 0 Å². The van der Waals surface area contributed by atoms with Crippen molar-refractivity contribution < 1.29 is 5.11 Å². The first-order chi connectivity index (χ1) is 4.91. The van der Waals surface area contributed by atoms with Gasteiger partial charge in [-0.1, -0.05) is 12.0 Å². The Balaban J connectivity index is 2.97. The molecule has 0 aliphatic heterocycles. The van der Waals surface area contributed by atoms with Crippen molar-refractivity contribution in [3.8, 4) is 11.8 Å². The second-order valence-electron chi connectivity index (χ2n) is 2.05. The van der Waals surface area contributed by atoms with Crippen LogP contribution in [0.3, 0.4) is 0 Å². The predicted octanol–water partition coefficient (Wildman–Crippen LogP) is 1.73. The molecule has 0 bridgehead atoms. The molecular formula is C9H14O. The summed E-state index contributed by atoms with van der Waals surface area (Å²) in [4.78, 5) is 0. The van der Waals surface area contributed by atoms with Gasteiger partial charge in [0, 0.05) is 6.42 Å². The van der Waals surface area contributed by atoms with Gasteiger partial charge in [-0.25, -0.2) is 0 Å². The van der Waals surface area contributed by atoms with Gasteiger partial charge in [0.15, 0.2) is 0 Å². The SMILES string of the molecule is C=CCCCCC#CCO. The average molecular weight is 138 g/mol. The van der Waals surface area contributed by atoms with Crippen molar-refractivity contribution in [1.82, 2.24) is 0 Å². The Hall–Kier alpha value is -0.740. The highest BCUT2D eigenvalue weighted by Crippen LogP contribution is 1.97. The van der Waals surface area contributed by atoms with Crippen LogP contribution >= 0.6 is 0 Å². The van der Waals surface area contributed by atoms with Crippen LogP contribution in [0, 0.1) is 11.8 Å². The van der Waals surface area contributed by atoms with Gasteiger partial charge < -0.3 is 5.11 Å². The van der Waals surface area contributed by atoms with Crippen molar-refractivity contribution in [2.24, 2.45) is 0 Å². The zero-order chi connectivity index (χ0) is 7.66. The summed E-state index contributed by atoms with van der Waals surface area (Å²) in [6.45, 7) is 3.61. The van der Waals surface area contributed by atoms with Crippen LogP contribution in [0.5, 0.6) is 0 Å². The molecule has 0 aromatic carbocycles. The smallest absolute Gasteiger partial charge is 0.104 e. The van der Waals surface area contributed by atoms with Gasteiger partial charge in [-0.2, -0.15) is 0 Å². The van der Waals surface area contributed by atoms with Crippen LogP contribution in [0.25, 0.3) is 0 Å². The molecule has 1 nitrogen and oxygen atoms in total. The Morgan fingerprint density at radius 2 is 2.10 bits per heavy atom. The summed E-state index contributed by atoms with van der Waals surface area (Å²) in [5, 5.41) is 8.28. The molecule has 0 aliphatic rings. The zero-order valence-electron chi connectivity index (χ0n) is 6.27. The summed E-state index contributed by atoms with van der Waals surface area (Å²) in [7, 11) is 0. The molecule has 0 fully saturated rings. The standard InChI is InChI=1S/C9H14O/c1-2-3-4-5-6-7-8-9-10/h2,10H,1,3-6,9H2. The van der Waals surface area contributed by atoms with Crippen molar-refractivity contribution in [2.45, 2.75) is 25.7 Å². The molecular weight excluding hydrogens is 124 g/mol. The molecule has 0 amide bonds. The highest BCUT2D eigenvalue weighted by molar-refractivity contribution is 4.98. The number of unbranched alkanes of at least 4 members (excludes halogenated alkanes) is 3. The van der Waals surface area contributed by atoms with Crippen LogP contribution < -0.4 is 0 Å². The average Bonchev–Trinajstić information content (AvgIpc) is 1.97. The van der Waals surface area contributed by atoms with Crippen molar-refractivity contribution in [2.75, 3.05) is 6.61 Å². The van der Waals surface area contributed by atoms with Crippen LogP contribution in [0.4, 0.5) is 0 Å². The lowest BCUT2D eigenvalue weighted by Crippen LogP contribution is -1.74. The minimum absolute atomic E-state index is 0.0124. The molecule has 0 heterocycles. The maximum Gasteiger partial charge on any atom is 0.104 e. The fourth-order valence-corrected chi connectivity index (χ4v) is 0.646. The highest BCUT2D eigenvalue weighted by Gasteiger charge is 1.80. The Bertz CT molecular complexity index is 127. The fourth-order valence-electron chi connectivity index (χ4n) is 0.646. The first-order valence-electron chi connectivity index (χ1n) is 3.59. The van der Waals surface area contributed by atoms with Crippen LogP contribution in [0.1, 0.15) is 25.7 Å². The van der Waals surface area contributed by atoms with E-state index in [0.717, 1.165) is 25.7 Å². The maximum absolute atomic E-state index is 8.28. The Kier molecular flexibility index (Phi) is 7.65. The third kappa shape index (κ3) is 7.26. The molecule has 56 valence electrons. The van der Waals surface area contributed by atoms with Gasteiger partial charge in [0.05, 0.1) is 0 Å². The van der Waals surface area contributed by atoms with Crippen LogP contribution in [0.15, 0.2) is 12.7 Å². The minimum atomic E-state index is -0.0124. The molecule has 0 saturated carbocycles. The largest absolute Gasteiger partial charge is 0.384 e. The number of aliphatic hydroxyl groups excluding tert-OH is 1. The van der Waals surface area contributed by atoms with Gasteiger partial charge >= 0.3 is 0 Å². The molecule has 0 radical (unpaired) electrons. The lowest BCUT2D eigenvalue weighted by atomic mass is 10.2. The molecule has 1 heteroatoms. The second kappa shape index (κ2) is 8.26. The summed E-state index contributed by atoms with van der Waals surface area (Å²) in [6.07, 6.45) is 6.15. The van der Waals surface area contributed by atoms with E-state index in [4.69, 9.17) is 5.11 Å². The van der Waals surface area contributed by atoms with Gasteiger partial charge in [0.25, 0.3) is 0 Å². The quantitative estimate of drug-likeness (QED) is 0.356. The van der Waals surface area contributed by atoms with E-state index in [-0.39, 0.29) is 6.61 Å². The topological polar surface area (TPSA) is 20.2 Å². The first kappa shape index (κ1) is 9.26. The van der Waals surface area contributed by atoms with Crippen LogP contribution in [-0.4, -0.2) is 11.7 Å². The van der Waals surface area contributed by atoms with E-state index < -0.39 is 0 Å². The highest BCUT2D eigenvalue weighted by atomic mass is 16.2. The number of aliphatic hydroxyl groups is 1. The first-order valence-corrected chi connectivity index (χ1v) is 3.59. The van der Waals surface area contributed by atoms with E-state index in [1.54, 1.807) is 0 Å². The van der Waals surface area contributed by atoms with E-state index >= 15 is 0 Å². The molecule has 0 aliphatic carbocycles. The number of hydrogen-bond acceptors (Lipinski definition) is 1. The van der Waals surface area contributed by atoms with Gasteiger partial charge in [-0.15, -0.1) is 12.5 Å². The maximum atomic E-state index is 8.28. The van der Waals surface area contributed by atoms with Gasteiger partial charge in [0.2, 0.25) is 0 Å². The summed E-state index contributed by atoms with van der Waals surface area (Å²) < 4.78 is 0. The lowest BCUT2D eigenvalue weighted by molar-refractivity contribution is 0.350. The monoisotopic (exact) mass is 138 g/mol. The summed E-state index contributed by atoms with van der Waals surface area (Å²) in [5.41, 5.74) is 0. The predicted molar refractivity (Wildman–Crippen MR) is 43.5 cm³/mol. The molecule has 0 rings (SSSR count). The van der Waals surface area contributed by atoms with E-state index in [2.05, 4.69) is 18.4 Å². The van der Waals surface area contributed by atoms with E-state index in [9.17, 15) is 0 Å². The van der Waals surface area contributed by atoms with E-state index in [1.807, 2.05) is 6.08 Å². The van der Waals surface area contributed by atoms with E-state index in [0.29, 0.717) is 0 Å². The normalized spacial score (nSPS) is 8.10. The fraction of sp³-hybridized carbons (Fsp3) is 0.556. The Morgan fingerprint density at radius 1 is 1.30 bits per heavy atom. The Labute approximate surface area is 62.8 Å². The molecule has 10 heavy (non-hydrogen) atoms. The molecule has 0 aromatic rings. The molecule has 0 aromatic heterocycles. The number of allylic oxidation sites excluding steroid dienone is 1. The van der Waals surface area contributed by atoms with Crippen molar-refractivity contribution in [3.05, 3.63) is 12.7 Å². The molecule has 0 spiro atoms. The minimum Gasteiger partial charge on any atom is -0.384 e. The van der Waals surface area contributed by atoms with Crippen molar-refractivity contribution in [3.63, 3.8) is 0 Å². The van der Waals surface area contributed by atoms with Gasteiger partial charge in [-0.05, 0) is 19.3 Å². The van der Waals surface area contributed by atoms with Crippen LogP contribution in [-0.2, 0) is 0 Å². The molecule has 1 N–H and O–H groups in total. The summed E-state index contributed by atoms with van der Waals surface area (Å²) in [6, 6.07) is 0. The van der Waals surface area contributed by atoms with Crippen molar-refractivity contribution in [1.29, 1.82) is 0 Å². The summed E-state index contributed by atoms with van der Waals surface area (Å²) in [5.74, 6) is 5.46. The third-order valence-electron chi connectivity index (χ3n) is 1.16. The third-order valence-corrected chi connectivity index (χ3v) is 1.16. The molecule has 0 unspecified atom stereocenters. The summed E-state index contributed by atoms with van der Waals surface area (Å²) >= 11 is 0. The number of hydrogen-bond donors (Lipinski definition) is 1. The number of rotatable bonds is 4. The van der Waals surface area contributed by atoms with Crippen LogP contribution in [0.2, 0.25) is 0 Å². The van der Waals surface area contributed by atoms with Crippen molar-refractivity contribution >= 4 is 0 Å². The zero-order valence-corrected chi connectivity index (χ0v) is 6.27. The molecule has 0 saturated heterocycles. The Morgan fingerprint density at radius 3 is 2.70 bits per heavy atom. The van der Waals surface area contributed by atoms with Gasteiger partial charge in [0.1, 0.15) is 6.61 Å².